The van der Waals surface area contributed by atoms with E-state index in [1.165, 1.54) is 0 Å². The van der Waals surface area contributed by atoms with Crippen LogP contribution < -0.4 is 16.0 Å². The summed E-state index contributed by atoms with van der Waals surface area (Å²) in [4.78, 5) is 24.9. The number of aromatic amines is 1. The van der Waals surface area contributed by atoms with E-state index >= 15 is 0 Å². The Bertz CT molecular complexity index is 1040. The summed E-state index contributed by atoms with van der Waals surface area (Å²) in [7, 11) is 0. The number of hydrogen-bond donors (Lipinski definition) is 3. The van der Waals surface area contributed by atoms with Gasteiger partial charge in [-0.25, -0.2) is 4.98 Å². The molecule has 4 heterocycles. The van der Waals surface area contributed by atoms with Crippen LogP contribution in [0.3, 0.4) is 0 Å². The van der Waals surface area contributed by atoms with Crippen molar-refractivity contribution in [3.05, 3.63) is 60.0 Å². The van der Waals surface area contributed by atoms with E-state index in [1.807, 2.05) is 18.2 Å². The molecule has 2 aliphatic heterocycles. The van der Waals surface area contributed by atoms with Gasteiger partial charge >= 0.3 is 0 Å². The molecule has 1 aromatic carbocycles. The maximum Gasteiger partial charge on any atom is 0.228 e. The van der Waals surface area contributed by atoms with E-state index < -0.39 is 5.41 Å². The second-order valence-corrected chi connectivity index (χ2v) is 8.43. The van der Waals surface area contributed by atoms with Crippen LogP contribution >= 0.6 is 0 Å². The molecule has 9 nitrogen and oxygen atoms in total. The summed E-state index contributed by atoms with van der Waals surface area (Å²) in [6.07, 6.45) is 7.44. The lowest BCUT2D eigenvalue weighted by atomic mass is 9.69. The molecule has 2 aliphatic rings. The first-order valence-electron chi connectivity index (χ1n) is 10.7. The zero-order valence-electron chi connectivity index (χ0n) is 17.2. The van der Waals surface area contributed by atoms with Crippen molar-refractivity contribution in [1.82, 2.24) is 30.7 Å². The highest BCUT2D eigenvalue weighted by Crippen LogP contribution is 2.52. The van der Waals surface area contributed by atoms with E-state index in [0.29, 0.717) is 31.2 Å². The van der Waals surface area contributed by atoms with Crippen molar-refractivity contribution in [2.24, 2.45) is 5.41 Å². The number of benzene rings is 1. The van der Waals surface area contributed by atoms with Crippen molar-refractivity contribution in [1.29, 1.82) is 0 Å². The Morgan fingerprint density at radius 2 is 2.13 bits per heavy atom. The quantitative estimate of drug-likeness (QED) is 0.531. The van der Waals surface area contributed by atoms with E-state index in [1.54, 1.807) is 18.5 Å². The van der Waals surface area contributed by atoms with Gasteiger partial charge in [0.25, 0.3) is 0 Å². The number of amides is 1. The van der Waals surface area contributed by atoms with Crippen LogP contribution in [0.5, 0.6) is 0 Å². The van der Waals surface area contributed by atoms with Gasteiger partial charge in [0.2, 0.25) is 11.9 Å². The summed E-state index contributed by atoms with van der Waals surface area (Å²) in [5, 5.41) is 13.7. The van der Waals surface area contributed by atoms with Gasteiger partial charge in [0.15, 0.2) is 0 Å². The Labute approximate surface area is 180 Å². The molecule has 0 saturated carbocycles. The molecule has 2 bridgehead atoms. The van der Waals surface area contributed by atoms with Crippen LogP contribution in [-0.2, 0) is 17.6 Å². The Hall–Kier alpha value is -3.49. The highest BCUT2D eigenvalue weighted by Gasteiger charge is 2.60. The fourth-order valence-electron chi connectivity index (χ4n) is 5.27. The number of nitrogens with zero attached hydrogens (tertiary/aromatic N) is 5. The van der Waals surface area contributed by atoms with E-state index in [9.17, 15) is 4.79 Å². The number of aromatic nitrogens is 5. The predicted octanol–water partition coefficient (Wildman–Crippen LogP) is 1.51. The molecule has 9 heteroatoms. The van der Waals surface area contributed by atoms with Crippen molar-refractivity contribution in [2.75, 3.05) is 17.2 Å². The van der Waals surface area contributed by atoms with Crippen molar-refractivity contribution < 1.29 is 4.79 Å². The molecular formula is C22H26N8O. The number of hydrogen-bond acceptors (Lipinski definition) is 7. The third-order valence-electron chi connectivity index (χ3n) is 6.58. The molecule has 2 saturated heterocycles. The first-order chi connectivity index (χ1) is 15.2. The van der Waals surface area contributed by atoms with Gasteiger partial charge in [-0.1, -0.05) is 30.3 Å². The van der Waals surface area contributed by atoms with Crippen LogP contribution in [0.1, 0.15) is 30.5 Å². The van der Waals surface area contributed by atoms with Crippen LogP contribution in [0.15, 0.2) is 48.8 Å². The van der Waals surface area contributed by atoms with Gasteiger partial charge in [-0.15, -0.1) is 0 Å². The predicted molar refractivity (Wildman–Crippen MR) is 116 cm³/mol. The highest BCUT2D eigenvalue weighted by atomic mass is 16.2. The fraction of sp³-hybridized carbons (Fsp3) is 0.409. The maximum absolute atomic E-state index is 13.7. The van der Waals surface area contributed by atoms with E-state index in [0.717, 1.165) is 30.5 Å². The summed E-state index contributed by atoms with van der Waals surface area (Å²) in [5.41, 5.74) is 7.39. The van der Waals surface area contributed by atoms with Gasteiger partial charge < -0.3 is 16.0 Å². The molecule has 2 fully saturated rings. The van der Waals surface area contributed by atoms with Gasteiger partial charge in [-0.2, -0.15) is 20.4 Å². The van der Waals surface area contributed by atoms with E-state index in [-0.39, 0.29) is 18.0 Å². The zero-order chi connectivity index (χ0) is 21.3. The topological polar surface area (TPSA) is 126 Å². The smallest absolute Gasteiger partial charge is 0.228 e. The largest absolute Gasteiger partial charge is 0.384 e. The molecule has 1 amide bonds. The summed E-state index contributed by atoms with van der Waals surface area (Å²) in [5.74, 6) is 1.15. The lowest BCUT2D eigenvalue weighted by Crippen LogP contribution is -2.51. The van der Waals surface area contributed by atoms with Gasteiger partial charge in [-0.3, -0.25) is 4.79 Å². The van der Waals surface area contributed by atoms with Crippen molar-refractivity contribution in [3.63, 3.8) is 0 Å². The lowest BCUT2D eigenvalue weighted by molar-refractivity contribution is -0.132. The van der Waals surface area contributed by atoms with Crippen LogP contribution in [0.25, 0.3) is 0 Å². The number of nitrogens with two attached hydrogens (primary N) is 1. The van der Waals surface area contributed by atoms with Gasteiger partial charge in [0, 0.05) is 31.2 Å². The first-order valence-corrected chi connectivity index (χ1v) is 10.7. The summed E-state index contributed by atoms with van der Waals surface area (Å²) in [6.45, 7) is 0.522. The van der Waals surface area contributed by atoms with Crippen molar-refractivity contribution in [3.8, 4) is 0 Å². The Morgan fingerprint density at radius 1 is 1.26 bits per heavy atom. The van der Waals surface area contributed by atoms with E-state index in [2.05, 4.69) is 47.7 Å². The number of carbonyl (C=O) groups is 1. The Balaban J connectivity index is 1.42. The summed E-state index contributed by atoms with van der Waals surface area (Å²) >= 11 is 0. The van der Waals surface area contributed by atoms with Crippen LogP contribution in [0.4, 0.5) is 11.8 Å². The minimum absolute atomic E-state index is 0.0338. The van der Waals surface area contributed by atoms with Crippen LogP contribution in [0, 0.1) is 5.41 Å². The second-order valence-electron chi connectivity index (χ2n) is 8.43. The summed E-state index contributed by atoms with van der Waals surface area (Å²) < 4.78 is 0. The SMILES string of the molecule is Nc1ccnc(N2[C@@H]3CC[C@H]2[C@@](Cc2ccccc2)(C(=O)NCCc2cn[nH]n2)C3)n1. The molecule has 31 heavy (non-hydrogen) atoms. The molecular weight excluding hydrogens is 392 g/mol. The second kappa shape index (κ2) is 7.98. The molecule has 5 rings (SSSR count). The van der Waals surface area contributed by atoms with Crippen molar-refractivity contribution in [2.45, 2.75) is 44.2 Å². The number of nitrogens with one attached hydrogen (secondary N) is 2. The van der Waals surface area contributed by atoms with Crippen LogP contribution in [-0.4, -0.2) is 49.9 Å². The molecule has 0 unspecified atom stereocenters. The monoisotopic (exact) mass is 418 g/mol. The Morgan fingerprint density at radius 3 is 2.90 bits per heavy atom. The number of fused-ring (bicyclic) bond motifs is 2. The molecule has 0 radical (unpaired) electrons. The molecule has 160 valence electrons. The molecule has 3 atom stereocenters. The van der Waals surface area contributed by atoms with Crippen molar-refractivity contribution >= 4 is 17.7 Å². The van der Waals surface area contributed by atoms with Gasteiger partial charge in [0.1, 0.15) is 5.82 Å². The van der Waals surface area contributed by atoms with Gasteiger partial charge in [-0.05, 0) is 37.3 Å². The number of H-pyrrole nitrogens is 1. The number of rotatable bonds is 7. The normalized spacial score (nSPS) is 24.5. The fourth-order valence-corrected chi connectivity index (χ4v) is 5.27. The lowest BCUT2D eigenvalue weighted by Gasteiger charge is -2.36. The van der Waals surface area contributed by atoms with E-state index in [4.69, 9.17) is 5.73 Å². The third kappa shape index (κ3) is 3.60. The first kappa shape index (κ1) is 19.5. The zero-order valence-corrected chi connectivity index (χ0v) is 17.2. The minimum atomic E-state index is -0.540. The standard InChI is InChI=1S/C22H26N8O/c23-19-9-11-25-21(27-19)30-17-6-7-18(30)22(13-17,12-15-4-2-1-3-5-15)20(31)24-10-8-16-14-26-29-28-16/h1-5,9,11,14,17-18H,6-8,10,12-13H2,(H,24,31)(H2,23,25,27)(H,26,28,29)/t17-,18+,22+/m1/s1. The van der Waals surface area contributed by atoms with Gasteiger partial charge in [0.05, 0.1) is 17.3 Å². The third-order valence-corrected chi connectivity index (χ3v) is 6.58. The number of anilines is 2. The summed E-state index contributed by atoms with van der Waals surface area (Å²) in [6, 6.07) is 12.2. The average Bonchev–Trinajstić information content (AvgIpc) is 3.50. The molecule has 0 spiro atoms. The molecule has 2 aromatic heterocycles. The molecule has 4 N–H and O–H groups in total. The molecule has 0 aliphatic carbocycles. The Kier molecular flexibility index (Phi) is 5.01. The molecule has 3 aromatic rings. The average molecular weight is 419 g/mol. The van der Waals surface area contributed by atoms with Crippen LogP contribution in [0.2, 0.25) is 0 Å². The highest BCUT2D eigenvalue weighted by molar-refractivity contribution is 5.86. The maximum atomic E-state index is 13.7. The number of nitrogen functional groups attached to an aromatic ring is 1. The minimum Gasteiger partial charge on any atom is -0.384 e. The number of carbonyl (C=O) groups excluding carboxylic acids is 1.